The Hall–Kier alpha value is -3.65. The van der Waals surface area contributed by atoms with Crippen LogP contribution >= 0.6 is 0 Å². The summed E-state index contributed by atoms with van der Waals surface area (Å²) in [6, 6.07) is 12.4. The monoisotopic (exact) mass is 470 g/mol. The molecule has 2 unspecified atom stereocenters. The van der Waals surface area contributed by atoms with Gasteiger partial charge in [0.15, 0.2) is 0 Å². The van der Waals surface area contributed by atoms with Gasteiger partial charge in [-0.05, 0) is 74.2 Å². The van der Waals surface area contributed by atoms with Crippen molar-refractivity contribution in [2.75, 3.05) is 33.0 Å². The fourth-order valence-electron chi connectivity index (χ4n) is 5.33. The summed E-state index contributed by atoms with van der Waals surface area (Å²) in [7, 11) is 3.84. The average Bonchev–Trinajstić information content (AvgIpc) is 3.49. The van der Waals surface area contributed by atoms with E-state index in [4.69, 9.17) is 20.2 Å². The van der Waals surface area contributed by atoms with E-state index in [0.29, 0.717) is 5.92 Å². The SMILES string of the molecule is COc1ccc2c(c1)CC(c1nc3cc(-c4ccnc(N)n4)cc(OC4CCN(C)C4)c3[nH]1)CC2. The second kappa shape index (κ2) is 8.85. The third-order valence-electron chi connectivity index (χ3n) is 7.22. The first-order valence-corrected chi connectivity index (χ1v) is 12.2. The molecule has 1 saturated heterocycles. The van der Waals surface area contributed by atoms with Crippen molar-refractivity contribution in [3.8, 4) is 22.8 Å². The van der Waals surface area contributed by atoms with Crippen LogP contribution in [-0.4, -0.2) is 58.2 Å². The lowest BCUT2D eigenvalue weighted by molar-refractivity contribution is 0.210. The van der Waals surface area contributed by atoms with E-state index in [2.05, 4.69) is 45.1 Å². The molecule has 8 heteroatoms. The largest absolute Gasteiger partial charge is 0.497 e. The number of ether oxygens (including phenoxy) is 2. The van der Waals surface area contributed by atoms with Crippen molar-refractivity contribution in [2.45, 2.75) is 37.7 Å². The molecular formula is C27H30N6O2. The van der Waals surface area contributed by atoms with Gasteiger partial charge in [-0.2, -0.15) is 0 Å². The number of hydrogen-bond acceptors (Lipinski definition) is 7. The molecule has 0 spiro atoms. The minimum atomic E-state index is 0.148. The Balaban J connectivity index is 1.38. The number of nitrogens with two attached hydrogens (primary N) is 1. The first kappa shape index (κ1) is 21.9. The maximum absolute atomic E-state index is 6.53. The number of H-pyrrole nitrogens is 1. The van der Waals surface area contributed by atoms with Crippen molar-refractivity contribution in [1.82, 2.24) is 24.8 Å². The van der Waals surface area contributed by atoms with Crippen molar-refractivity contribution in [2.24, 2.45) is 0 Å². The number of benzene rings is 2. The molecule has 1 fully saturated rings. The summed E-state index contributed by atoms with van der Waals surface area (Å²) in [4.78, 5) is 19.4. The highest BCUT2D eigenvalue weighted by molar-refractivity contribution is 5.87. The first-order chi connectivity index (χ1) is 17.1. The molecule has 2 aromatic carbocycles. The zero-order valence-electron chi connectivity index (χ0n) is 20.1. The van der Waals surface area contributed by atoms with E-state index in [1.807, 2.05) is 18.2 Å². The third kappa shape index (κ3) is 4.30. The van der Waals surface area contributed by atoms with Crippen LogP contribution in [0.2, 0.25) is 0 Å². The zero-order chi connectivity index (χ0) is 23.9. The molecule has 180 valence electrons. The molecule has 2 aliphatic rings. The molecule has 8 nitrogen and oxygen atoms in total. The average molecular weight is 471 g/mol. The fourth-order valence-corrected chi connectivity index (χ4v) is 5.33. The fraction of sp³-hybridized carbons (Fsp3) is 0.370. The standard InChI is InChI=1S/C27H30N6O2/c1-33-10-8-21(15-33)35-24-14-19(22-7-9-29-27(28)31-22)13-23-25(24)32-26(30-23)17-4-3-16-5-6-20(34-2)12-18(16)11-17/h5-7,9,12-14,17,21H,3-4,8,10-11,15H2,1-2H3,(H,30,32)(H2,28,29,31). The Morgan fingerprint density at radius 3 is 2.80 bits per heavy atom. The quantitative estimate of drug-likeness (QED) is 0.455. The van der Waals surface area contributed by atoms with Gasteiger partial charge in [-0.25, -0.2) is 15.0 Å². The van der Waals surface area contributed by atoms with E-state index in [-0.39, 0.29) is 12.1 Å². The first-order valence-electron chi connectivity index (χ1n) is 12.2. The van der Waals surface area contributed by atoms with Gasteiger partial charge >= 0.3 is 0 Å². The van der Waals surface area contributed by atoms with Crippen molar-refractivity contribution in [3.05, 3.63) is 59.5 Å². The molecule has 3 heterocycles. The van der Waals surface area contributed by atoms with Gasteiger partial charge in [-0.15, -0.1) is 0 Å². The van der Waals surface area contributed by atoms with E-state index in [1.54, 1.807) is 13.3 Å². The van der Waals surface area contributed by atoms with E-state index in [0.717, 1.165) is 78.4 Å². The molecule has 35 heavy (non-hydrogen) atoms. The van der Waals surface area contributed by atoms with Crippen LogP contribution in [0.3, 0.4) is 0 Å². The van der Waals surface area contributed by atoms with Gasteiger partial charge < -0.3 is 25.1 Å². The molecular weight excluding hydrogens is 440 g/mol. The highest BCUT2D eigenvalue weighted by atomic mass is 16.5. The molecule has 0 saturated carbocycles. The maximum Gasteiger partial charge on any atom is 0.220 e. The van der Waals surface area contributed by atoms with E-state index < -0.39 is 0 Å². The van der Waals surface area contributed by atoms with Gasteiger partial charge in [0.2, 0.25) is 5.95 Å². The van der Waals surface area contributed by atoms with Crippen LogP contribution in [-0.2, 0) is 12.8 Å². The number of imidazole rings is 1. The maximum atomic E-state index is 6.53. The van der Waals surface area contributed by atoms with Crippen molar-refractivity contribution in [1.29, 1.82) is 0 Å². The molecule has 6 rings (SSSR count). The lowest BCUT2D eigenvalue weighted by Crippen LogP contribution is -2.21. The van der Waals surface area contributed by atoms with Gasteiger partial charge in [-0.1, -0.05) is 6.07 Å². The second-order valence-corrected chi connectivity index (χ2v) is 9.66. The smallest absolute Gasteiger partial charge is 0.220 e. The molecule has 3 N–H and O–H groups in total. The molecule has 2 aromatic heterocycles. The summed E-state index contributed by atoms with van der Waals surface area (Å²) in [6.07, 6.45) is 5.85. The molecule has 1 aliphatic carbocycles. The molecule has 1 aliphatic heterocycles. The van der Waals surface area contributed by atoms with Gasteiger partial charge in [0, 0.05) is 30.8 Å². The summed E-state index contributed by atoms with van der Waals surface area (Å²) in [5.41, 5.74) is 12.1. The number of aromatic nitrogens is 4. The summed E-state index contributed by atoms with van der Waals surface area (Å²) >= 11 is 0. The summed E-state index contributed by atoms with van der Waals surface area (Å²) in [5, 5.41) is 0. The van der Waals surface area contributed by atoms with Crippen molar-refractivity contribution >= 4 is 17.0 Å². The number of anilines is 1. The van der Waals surface area contributed by atoms with Gasteiger partial charge in [-0.3, -0.25) is 0 Å². The van der Waals surface area contributed by atoms with Gasteiger partial charge in [0.25, 0.3) is 0 Å². The Kier molecular flexibility index (Phi) is 5.53. The number of rotatable bonds is 5. The van der Waals surface area contributed by atoms with E-state index in [9.17, 15) is 0 Å². The van der Waals surface area contributed by atoms with Crippen LogP contribution in [0.1, 0.15) is 35.7 Å². The Bertz CT molecular complexity index is 1380. The molecule has 0 amide bonds. The third-order valence-corrected chi connectivity index (χ3v) is 7.22. The number of fused-ring (bicyclic) bond motifs is 2. The van der Waals surface area contributed by atoms with E-state index in [1.165, 1.54) is 11.1 Å². The number of aryl methyl sites for hydroxylation is 1. The number of methoxy groups -OCH3 is 1. The van der Waals surface area contributed by atoms with Crippen molar-refractivity contribution < 1.29 is 9.47 Å². The van der Waals surface area contributed by atoms with Gasteiger partial charge in [0.1, 0.15) is 28.9 Å². The Morgan fingerprint density at radius 2 is 2.00 bits per heavy atom. The number of hydrogen-bond donors (Lipinski definition) is 2. The molecule has 2 atom stereocenters. The minimum absolute atomic E-state index is 0.148. The van der Waals surface area contributed by atoms with Crippen LogP contribution in [0.25, 0.3) is 22.3 Å². The topological polar surface area (TPSA) is 102 Å². The predicted molar refractivity (Wildman–Crippen MR) is 136 cm³/mol. The number of likely N-dealkylation sites (N-methyl/N-ethyl adjacent to an activating group) is 1. The molecule has 4 aromatic rings. The Labute approximate surface area is 204 Å². The summed E-state index contributed by atoms with van der Waals surface area (Å²) in [5.74, 6) is 3.28. The van der Waals surface area contributed by atoms with Crippen LogP contribution in [0.5, 0.6) is 11.5 Å². The highest BCUT2D eigenvalue weighted by Crippen LogP contribution is 2.37. The Morgan fingerprint density at radius 1 is 1.09 bits per heavy atom. The van der Waals surface area contributed by atoms with E-state index >= 15 is 0 Å². The van der Waals surface area contributed by atoms with Crippen LogP contribution in [0, 0.1) is 0 Å². The molecule has 0 radical (unpaired) electrons. The lowest BCUT2D eigenvalue weighted by atomic mass is 9.83. The van der Waals surface area contributed by atoms with Gasteiger partial charge in [0.05, 0.1) is 18.3 Å². The number of likely N-dealkylation sites (tertiary alicyclic amines) is 1. The molecule has 0 bridgehead atoms. The van der Waals surface area contributed by atoms with Crippen LogP contribution in [0.4, 0.5) is 5.95 Å². The van der Waals surface area contributed by atoms with Crippen molar-refractivity contribution in [3.63, 3.8) is 0 Å². The minimum Gasteiger partial charge on any atom is -0.497 e. The summed E-state index contributed by atoms with van der Waals surface area (Å²) < 4.78 is 12.0. The number of nitrogens with one attached hydrogen (secondary N) is 1. The van der Waals surface area contributed by atoms with Crippen LogP contribution in [0.15, 0.2) is 42.6 Å². The number of aromatic amines is 1. The highest BCUT2D eigenvalue weighted by Gasteiger charge is 2.26. The van der Waals surface area contributed by atoms with Crippen LogP contribution < -0.4 is 15.2 Å². The second-order valence-electron chi connectivity index (χ2n) is 9.66. The zero-order valence-corrected chi connectivity index (χ0v) is 20.1. The lowest BCUT2D eigenvalue weighted by Gasteiger charge is -2.23. The number of nitrogens with zero attached hydrogens (tertiary/aromatic N) is 4. The summed E-state index contributed by atoms with van der Waals surface area (Å²) in [6.45, 7) is 1.95. The normalized spacial score (nSPS) is 20.2. The predicted octanol–water partition coefficient (Wildman–Crippen LogP) is 3.97. The number of nitrogen functional groups attached to an aromatic ring is 1.